The van der Waals surface area contributed by atoms with E-state index in [1.807, 2.05) is 0 Å². The fraction of sp³-hybridized carbons (Fsp3) is 1.00. The van der Waals surface area contributed by atoms with Crippen LogP contribution in [0.5, 0.6) is 0 Å². The van der Waals surface area contributed by atoms with E-state index in [1.165, 1.54) is 25.7 Å². The van der Waals surface area contributed by atoms with Crippen molar-refractivity contribution < 1.29 is 8.42 Å². The average molecular weight is 211 g/mol. The lowest BCUT2D eigenvalue weighted by molar-refractivity contribution is 0.495. The molecule has 2 nitrogen and oxygen atoms in total. The van der Waals surface area contributed by atoms with Gasteiger partial charge < -0.3 is 0 Å². The molecule has 72 valence electrons. The minimum absolute atomic E-state index is 0.144. The largest absolute Gasteiger partial charge is 0.232 e. The summed E-state index contributed by atoms with van der Waals surface area (Å²) in [4.78, 5) is 0. The summed E-state index contributed by atoms with van der Waals surface area (Å²) in [5.74, 6) is 0.911. The molecule has 0 saturated heterocycles. The van der Waals surface area contributed by atoms with Crippen LogP contribution >= 0.6 is 10.7 Å². The van der Waals surface area contributed by atoms with Gasteiger partial charge in [0, 0.05) is 10.7 Å². The van der Waals surface area contributed by atoms with E-state index in [2.05, 4.69) is 0 Å². The molecular weight excluding hydrogens is 196 g/mol. The monoisotopic (exact) mass is 210 g/mol. The van der Waals surface area contributed by atoms with Gasteiger partial charge in [-0.2, -0.15) is 0 Å². The van der Waals surface area contributed by atoms with Crippen LogP contribution in [0.3, 0.4) is 0 Å². The van der Waals surface area contributed by atoms with Gasteiger partial charge in [-0.25, -0.2) is 8.42 Å². The van der Waals surface area contributed by atoms with E-state index >= 15 is 0 Å². The van der Waals surface area contributed by atoms with Crippen LogP contribution in [0.15, 0.2) is 0 Å². The first kappa shape index (κ1) is 10.3. The van der Waals surface area contributed by atoms with Crippen LogP contribution in [0.2, 0.25) is 0 Å². The first-order chi connectivity index (χ1) is 5.58. The molecule has 0 aromatic rings. The molecule has 0 aromatic carbocycles. The maximum atomic E-state index is 10.6. The van der Waals surface area contributed by atoms with Crippen molar-refractivity contribution in [2.75, 3.05) is 5.75 Å². The van der Waals surface area contributed by atoms with Crippen molar-refractivity contribution in [2.24, 2.45) is 5.92 Å². The molecule has 1 aliphatic rings. The molecule has 0 radical (unpaired) electrons. The Kier molecular flexibility index (Phi) is 3.84. The van der Waals surface area contributed by atoms with Gasteiger partial charge in [-0.1, -0.05) is 25.7 Å². The average Bonchev–Trinajstić information content (AvgIpc) is 2.36. The van der Waals surface area contributed by atoms with E-state index in [1.54, 1.807) is 0 Å². The number of hydrogen-bond donors (Lipinski definition) is 0. The maximum absolute atomic E-state index is 10.6. The van der Waals surface area contributed by atoms with E-state index in [9.17, 15) is 8.42 Å². The van der Waals surface area contributed by atoms with Gasteiger partial charge in [0.2, 0.25) is 9.05 Å². The summed E-state index contributed by atoms with van der Waals surface area (Å²) >= 11 is 0. The Morgan fingerprint density at radius 1 is 1.25 bits per heavy atom. The van der Waals surface area contributed by atoms with Gasteiger partial charge in [0.1, 0.15) is 0 Å². The fourth-order valence-electron chi connectivity index (χ4n) is 1.84. The Morgan fingerprint density at radius 2 is 1.83 bits per heavy atom. The zero-order valence-electron chi connectivity index (χ0n) is 7.13. The highest BCUT2D eigenvalue weighted by Crippen LogP contribution is 2.28. The summed E-state index contributed by atoms with van der Waals surface area (Å²) < 4.78 is 21.1. The highest BCUT2D eigenvalue weighted by atomic mass is 35.7. The van der Waals surface area contributed by atoms with Gasteiger partial charge in [0.25, 0.3) is 0 Å². The van der Waals surface area contributed by atoms with E-state index in [4.69, 9.17) is 10.7 Å². The molecule has 0 amide bonds. The third-order valence-corrected chi connectivity index (χ3v) is 3.71. The van der Waals surface area contributed by atoms with E-state index in [-0.39, 0.29) is 5.75 Å². The van der Waals surface area contributed by atoms with E-state index in [0.29, 0.717) is 0 Å². The molecular formula is C8H15ClO2S. The lowest BCUT2D eigenvalue weighted by Gasteiger charge is -2.06. The van der Waals surface area contributed by atoms with Gasteiger partial charge in [0.15, 0.2) is 0 Å². The van der Waals surface area contributed by atoms with Crippen LogP contribution in [-0.4, -0.2) is 14.2 Å². The molecule has 1 saturated carbocycles. The minimum atomic E-state index is -3.24. The van der Waals surface area contributed by atoms with Gasteiger partial charge in [-0.15, -0.1) is 0 Å². The van der Waals surface area contributed by atoms with Crippen LogP contribution in [-0.2, 0) is 9.05 Å². The SMILES string of the molecule is O=S(=O)(Cl)CCCC1CCCC1. The summed E-state index contributed by atoms with van der Waals surface area (Å²) in [6.07, 6.45) is 6.96. The van der Waals surface area contributed by atoms with Gasteiger partial charge >= 0.3 is 0 Å². The molecule has 1 fully saturated rings. The summed E-state index contributed by atoms with van der Waals surface area (Å²) in [5.41, 5.74) is 0. The second kappa shape index (κ2) is 4.47. The van der Waals surface area contributed by atoms with Crippen LogP contribution in [0.1, 0.15) is 38.5 Å². The second-order valence-corrected chi connectivity index (χ2v) is 6.43. The standard InChI is InChI=1S/C8H15ClO2S/c9-12(10,11)7-3-6-8-4-1-2-5-8/h8H,1-7H2. The van der Waals surface area contributed by atoms with Crippen LogP contribution in [0, 0.1) is 5.92 Å². The number of halogens is 1. The molecule has 12 heavy (non-hydrogen) atoms. The molecule has 1 aliphatic carbocycles. The summed E-state index contributed by atoms with van der Waals surface area (Å²) in [5, 5.41) is 0. The Labute approximate surface area is 78.7 Å². The van der Waals surface area contributed by atoms with Crippen molar-refractivity contribution in [3.05, 3.63) is 0 Å². The molecule has 0 aliphatic heterocycles. The molecule has 0 heterocycles. The quantitative estimate of drug-likeness (QED) is 0.669. The predicted molar refractivity (Wildman–Crippen MR) is 50.8 cm³/mol. The highest BCUT2D eigenvalue weighted by Gasteiger charge is 2.15. The van der Waals surface area contributed by atoms with Crippen molar-refractivity contribution in [3.8, 4) is 0 Å². The molecule has 0 bridgehead atoms. The Hall–Kier alpha value is 0.240. The van der Waals surface area contributed by atoms with Gasteiger partial charge in [-0.3, -0.25) is 0 Å². The predicted octanol–water partition coefficient (Wildman–Crippen LogP) is 2.53. The van der Waals surface area contributed by atoms with Gasteiger partial charge in [0.05, 0.1) is 5.75 Å². The zero-order valence-corrected chi connectivity index (χ0v) is 8.70. The van der Waals surface area contributed by atoms with Crippen molar-refractivity contribution >= 4 is 19.7 Å². The summed E-state index contributed by atoms with van der Waals surface area (Å²) in [7, 11) is 1.85. The van der Waals surface area contributed by atoms with E-state index < -0.39 is 9.05 Å². The van der Waals surface area contributed by atoms with Crippen LogP contribution in [0.4, 0.5) is 0 Å². The minimum Gasteiger partial charge on any atom is -0.212 e. The van der Waals surface area contributed by atoms with Crippen LogP contribution < -0.4 is 0 Å². The summed E-state index contributed by atoms with van der Waals surface area (Å²) in [6, 6.07) is 0. The van der Waals surface area contributed by atoms with Crippen molar-refractivity contribution in [2.45, 2.75) is 38.5 Å². The Morgan fingerprint density at radius 3 is 2.33 bits per heavy atom. The fourth-order valence-corrected chi connectivity index (χ4v) is 2.68. The number of rotatable bonds is 4. The maximum Gasteiger partial charge on any atom is 0.232 e. The molecule has 0 N–H and O–H groups in total. The van der Waals surface area contributed by atoms with Crippen molar-refractivity contribution in [1.29, 1.82) is 0 Å². The highest BCUT2D eigenvalue weighted by molar-refractivity contribution is 8.13. The molecule has 0 spiro atoms. The third-order valence-electron chi connectivity index (χ3n) is 2.48. The molecule has 0 aromatic heterocycles. The summed E-state index contributed by atoms with van der Waals surface area (Å²) in [6.45, 7) is 0. The van der Waals surface area contributed by atoms with E-state index in [0.717, 1.165) is 18.8 Å². The second-order valence-electron chi connectivity index (χ2n) is 3.54. The lowest BCUT2D eigenvalue weighted by Crippen LogP contribution is -2.00. The first-order valence-electron chi connectivity index (χ1n) is 4.50. The van der Waals surface area contributed by atoms with Crippen molar-refractivity contribution in [3.63, 3.8) is 0 Å². The molecule has 4 heteroatoms. The Bertz CT molecular complexity index is 217. The Balaban J connectivity index is 2.09. The zero-order chi connectivity index (χ0) is 9.03. The normalized spacial score (nSPS) is 20.1. The van der Waals surface area contributed by atoms with Crippen molar-refractivity contribution in [1.82, 2.24) is 0 Å². The van der Waals surface area contributed by atoms with Crippen LogP contribution in [0.25, 0.3) is 0 Å². The lowest BCUT2D eigenvalue weighted by atomic mass is 10.0. The van der Waals surface area contributed by atoms with Gasteiger partial charge in [-0.05, 0) is 18.8 Å². The third kappa shape index (κ3) is 4.31. The smallest absolute Gasteiger partial charge is 0.212 e. The molecule has 0 atom stereocenters. The topological polar surface area (TPSA) is 34.1 Å². The molecule has 0 unspecified atom stereocenters. The first-order valence-corrected chi connectivity index (χ1v) is 6.98. The molecule has 1 rings (SSSR count). The number of hydrogen-bond acceptors (Lipinski definition) is 2.